The number of hydrogen-bond donors (Lipinski definition) is 1. The van der Waals surface area contributed by atoms with Crippen LogP contribution in [0.2, 0.25) is 0 Å². The van der Waals surface area contributed by atoms with Crippen LogP contribution in [0.3, 0.4) is 0 Å². The Kier molecular flexibility index (Phi) is 5.43. The minimum atomic E-state index is -0.308. The molecule has 0 aliphatic heterocycles. The highest BCUT2D eigenvalue weighted by Crippen LogP contribution is 2.32. The number of ether oxygens (including phenoxy) is 2. The molecule has 3 rings (SSSR count). The van der Waals surface area contributed by atoms with Gasteiger partial charge >= 0.3 is 6.01 Å². The van der Waals surface area contributed by atoms with Gasteiger partial charge in [-0.1, -0.05) is 17.2 Å². The lowest BCUT2D eigenvalue weighted by molar-refractivity contribution is 0.102. The van der Waals surface area contributed by atoms with Crippen LogP contribution < -0.4 is 14.8 Å². The van der Waals surface area contributed by atoms with Crippen LogP contribution in [0.15, 0.2) is 51.8 Å². The summed E-state index contributed by atoms with van der Waals surface area (Å²) in [5, 5.41) is 10.5. The highest BCUT2D eigenvalue weighted by atomic mass is 32.2. The molecule has 0 saturated heterocycles. The average Bonchev–Trinajstić information content (AvgIpc) is 3.15. The number of thioether (sulfide) groups is 1. The predicted molar refractivity (Wildman–Crippen MR) is 99.0 cm³/mol. The van der Waals surface area contributed by atoms with E-state index in [0.717, 1.165) is 4.90 Å². The molecule has 0 spiro atoms. The Morgan fingerprint density at radius 2 is 1.85 bits per heavy atom. The molecule has 8 heteroatoms. The van der Waals surface area contributed by atoms with E-state index in [9.17, 15) is 4.79 Å². The summed E-state index contributed by atoms with van der Waals surface area (Å²) in [4.78, 5) is 13.3. The van der Waals surface area contributed by atoms with E-state index in [1.54, 1.807) is 44.6 Å². The third kappa shape index (κ3) is 3.65. The zero-order valence-electron chi connectivity index (χ0n) is 14.5. The van der Waals surface area contributed by atoms with Gasteiger partial charge in [0, 0.05) is 10.5 Å². The zero-order valence-corrected chi connectivity index (χ0v) is 15.3. The maximum atomic E-state index is 12.4. The molecule has 3 aromatic rings. The van der Waals surface area contributed by atoms with Crippen molar-refractivity contribution in [1.82, 2.24) is 10.2 Å². The summed E-state index contributed by atoms with van der Waals surface area (Å²) >= 11 is 1.49. The molecule has 2 aromatic carbocycles. The minimum Gasteiger partial charge on any atom is -0.493 e. The van der Waals surface area contributed by atoms with Crippen molar-refractivity contribution in [3.05, 3.63) is 48.0 Å². The largest absolute Gasteiger partial charge is 0.493 e. The molecule has 0 saturated carbocycles. The summed E-state index contributed by atoms with van der Waals surface area (Å²) in [6.45, 7) is 0. The quantitative estimate of drug-likeness (QED) is 0.661. The fourth-order valence-electron chi connectivity index (χ4n) is 2.36. The predicted octanol–water partition coefficient (Wildman–Crippen LogP) is 3.73. The highest BCUT2D eigenvalue weighted by Gasteiger charge is 2.16. The third-order valence-electron chi connectivity index (χ3n) is 3.63. The van der Waals surface area contributed by atoms with E-state index in [1.165, 1.54) is 11.8 Å². The standard InChI is InChI=1S/C18H17N3O4S/c1-23-13-9-8-11(10-14(13)24-2)17-20-21-18(25-17)19-16(22)12-6-4-5-7-15(12)26-3/h4-10H,1-3H3,(H,19,21,22). The van der Waals surface area contributed by atoms with Crippen LogP contribution >= 0.6 is 11.8 Å². The molecule has 1 amide bonds. The number of rotatable bonds is 6. The number of nitrogens with one attached hydrogen (secondary N) is 1. The van der Waals surface area contributed by atoms with Gasteiger partial charge in [0.15, 0.2) is 11.5 Å². The van der Waals surface area contributed by atoms with Gasteiger partial charge in [0.25, 0.3) is 5.91 Å². The minimum absolute atomic E-state index is 0.0238. The Morgan fingerprint density at radius 3 is 2.58 bits per heavy atom. The number of aromatic nitrogens is 2. The van der Waals surface area contributed by atoms with Gasteiger partial charge in [0.05, 0.1) is 19.8 Å². The van der Waals surface area contributed by atoms with Crippen LogP contribution in [-0.2, 0) is 0 Å². The molecule has 1 N–H and O–H groups in total. The van der Waals surface area contributed by atoms with Crippen molar-refractivity contribution in [2.45, 2.75) is 4.90 Å². The summed E-state index contributed by atoms with van der Waals surface area (Å²) in [6.07, 6.45) is 1.91. The number of anilines is 1. The van der Waals surface area contributed by atoms with E-state index < -0.39 is 0 Å². The molecule has 0 bridgehead atoms. The molecule has 26 heavy (non-hydrogen) atoms. The van der Waals surface area contributed by atoms with Crippen LogP contribution in [0.4, 0.5) is 6.01 Å². The summed E-state index contributed by atoms with van der Waals surface area (Å²) in [6, 6.07) is 12.6. The summed E-state index contributed by atoms with van der Waals surface area (Å²) < 4.78 is 16.0. The van der Waals surface area contributed by atoms with Gasteiger partial charge < -0.3 is 13.9 Å². The topological polar surface area (TPSA) is 86.5 Å². The van der Waals surface area contributed by atoms with E-state index in [4.69, 9.17) is 13.9 Å². The van der Waals surface area contributed by atoms with E-state index in [0.29, 0.717) is 22.6 Å². The van der Waals surface area contributed by atoms with E-state index in [1.807, 2.05) is 18.4 Å². The van der Waals surface area contributed by atoms with E-state index in [-0.39, 0.29) is 17.8 Å². The summed E-state index contributed by atoms with van der Waals surface area (Å²) in [7, 11) is 3.11. The Balaban J connectivity index is 1.81. The second kappa shape index (κ2) is 7.92. The number of hydrogen-bond acceptors (Lipinski definition) is 7. The van der Waals surface area contributed by atoms with Crippen molar-refractivity contribution in [2.75, 3.05) is 25.8 Å². The monoisotopic (exact) mass is 371 g/mol. The molecule has 0 aliphatic carbocycles. The van der Waals surface area contributed by atoms with Crippen molar-refractivity contribution >= 4 is 23.7 Å². The average molecular weight is 371 g/mol. The van der Waals surface area contributed by atoms with Gasteiger partial charge in [-0.2, -0.15) is 0 Å². The maximum absolute atomic E-state index is 12.4. The van der Waals surface area contributed by atoms with Crippen molar-refractivity contribution in [3.8, 4) is 23.0 Å². The molecular formula is C18H17N3O4S. The van der Waals surface area contributed by atoms with Gasteiger partial charge in [-0.15, -0.1) is 16.9 Å². The van der Waals surface area contributed by atoms with Gasteiger partial charge in [0.1, 0.15) is 0 Å². The smallest absolute Gasteiger partial charge is 0.322 e. The number of carbonyl (C=O) groups is 1. The van der Waals surface area contributed by atoms with Gasteiger partial charge in [-0.05, 0) is 36.6 Å². The Labute approximate surface area is 154 Å². The Morgan fingerprint density at radius 1 is 1.08 bits per heavy atom. The fourth-order valence-corrected chi connectivity index (χ4v) is 2.95. The molecule has 1 heterocycles. The van der Waals surface area contributed by atoms with Crippen LogP contribution in [0.1, 0.15) is 10.4 Å². The fraction of sp³-hybridized carbons (Fsp3) is 0.167. The molecule has 0 unspecified atom stereocenters. The van der Waals surface area contributed by atoms with E-state index >= 15 is 0 Å². The molecule has 134 valence electrons. The Bertz CT molecular complexity index is 926. The van der Waals surface area contributed by atoms with Crippen LogP contribution in [0.5, 0.6) is 11.5 Å². The molecule has 0 fully saturated rings. The van der Waals surface area contributed by atoms with Crippen molar-refractivity contribution in [2.24, 2.45) is 0 Å². The van der Waals surface area contributed by atoms with Crippen molar-refractivity contribution in [1.29, 1.82) is 0 Å². The highest BCUT2D eigenvalue weighted by molar-refractivity contribution is 7.98. The SMILES string of the molecule is COc1ccc(-c2nnc(NC(=O)c3ccccc3SC)o2)cc1OC. The first-order valence-electron chi connectivity index (χ1n) is 7.66. The Hall–Kier alpha value is -3.00. The molecule has 0 aliphatic rings. The second-order valence-electron chi connectivity index (χ2n) is 5.14. The number of methoxy groups -OCH3 is 2. The first kappa shape index (κ1) is 17.8. The molecule has 0 radical (unpaired) electrons. The second-order valence-corrected chi connectivity index (χ2v) is 5.98. The number of nitrogens with zero attached hydrogens (tertiary/aromatic N) is 2. The first-order valence-corrected chi connectivity index (χ1v) is 8.89. The summed E-state index contributed by atoms with van der Waals surface area (Å²) in [5.74, 6) is 1.09. The van der Waals surface area contributed by atoms with Crippen molar-refractivity contribution in [3.63, 3.8) is 0 Å². The normalized spacial score (nSPS) is 10.4. The maximum Gasteiger partial charge on any atom is 0.322 e. The number of carbonyl (C=O) groups excluding carboxylic acids is 1. The van der Waals surface area contributed by atoms with Gasteiger partial charge in [0.2, 0.25) is 5.89 Å². The molecule has 7 nitrogen and oxygen atoms in total. The lowest BCUT2D eigenvalue weighted by Crippen LogP contribution is -2.13. The van der Waals surface area contributed by atoms with Crippen LogP contribution in [0, 0.1) is 0 Å². The van der Waals surface area contributed by atoms with Crippen LogP contribution in [0.25, 0.3) is 11.5 Å². The third-order valence-corrected chi connectivity index (χ3v) is 4.42. The number of benzene rings is 2. The van der Waals surface area contributed by atoms with Crippen molar-refractivity contribution < 1.29 is 18.7 Å². The van der Waals surface area contributed by atoms with E-state index in [2.05, 4.69) is 15.5 Å². The molecular weight excluding hydrogens is 354 g/mol. The summed E-state index contributed by atoms with van der Waals surface area (Å²) in [5.41, 5.74) is 1.20. The molecule has 1 aromatic heterocycles. The lowest BCUT2D eigenvalue weighted by Gasteiger charge is -2.07. The lowest BCUT2D eigenvalue weighted by atomic mass is 10.2. The first-order chi connectivity index (χ1) is 12.7. The zero-order chi connectivity index (χ0) is 18.5. The number of amides is 1. The van der Waals surface area contributed by atoms with Gasteiger partial charge in [-0.25, -0.2) is 0 Å². The van der Waals surface area contributed by atoms with Crippen LogP contribution in [-0.4, -0.2) is 36.6 Å². The molecule has 0 atom stereocenters. The van der Waals surface area contributed by atoms with Gasteiger partial charge in [-0.3, -0.25) is 10.1 Å².